The molecule has 0 aliphatic heterocycles. The van der Waals surface area contributed by atoms with Crippen molar-refractivity contribution in [3.8, 4) is 10.4 Å². The van der Waals surface area contributed by atoms with Gasteiger partial charge in [0.05, 0.1) is 7.11 Å². The topological polar surface area (TPSA) is 26.3 Å². The highest BCUT2D eigenvalue weighted by Crippen LogP contribution is 2.30. The number of esters is 1. The quantitative estimate of drug-likeness (QED) is 0.767. The predicted molar refractivity (Wildman–Crippen MR) is 61.0 cm³/mol. The Bertz CT molecular complexity index is 563. The average molecular weight is 254 g/mol. The van der Waals surface area contributed by atoms with E-state index >= 15 is 0 Å². The summed E-state index contributed by atoms with van der Waals surface area (Å²) >= 11 is 1.10. The fourth-order valence-corrected chi connectivity index (χ4v) is 2.33. The first kappa shape index (κ1) is 11.7. The molecule has 2 nitrogen and oxygen atoms in total. The molecule has 0 spiro atoms. The summed E-state index contributed by atoms with van der Waals surface area (Å²) in [5.74, 6) is -1.75. The van der Waals surface area contributed by atoms with E-state index in [-0.39, 0.29) is 5.56 Å². The molecule has 17 heavy (non-hydrogen) atoms. The highest BCUT2D eigenvalue weighted by atomic mass is 32.1. The molecule has 0 N–H and O–H groups in total. The fraction of sp³-hybridized carbons (Fsp3) is 0.0833. The van der Waals surface area contributed by atoms with Gasteiger partial charge in [-0.25, -0.2) is 13.6 Å². The fourth-order valence-electron chi connectivity index (χ4n) is 1.38. The largest absolute Gasteiger partial charge is 0.465 e. The van der Waals surface area contributed by atoms with E-state index in [0.717, 1.165) is 17.4 Å². The number of thiophene rings is 1. The van der Waals surface area contributed by atoms with Gasteiger partial charge in [-0.2, -0.15) is 0 Å². The summed E-state index contributed by atoms with van der Waals surface area (Å²) in [5.41, 5.74) is 0.270. The molecule has 1 heterocycles. The van der Waals surface area contributed by atoms with Crippen LogP contribution in [0.1, 0.15) is 9.67 Å². The molecule has 2 rings (SSSR count). The van der Waals surface area contributed by atoms with Crippen LogP contribution in [0.3, 0.4) is 0 Å². The number of hydrogen-bond donors (Lipinski definition) is 0. The first-order valence-electron chi connectivity index (χ1n) is 4.75. The van der Waals surface area contributed by atoms with Crippen LogP contribution in [0.25, 0.3) is 10.4 Å². The van der Waals surface area contributed by atoms with Crippen LogP contribution < -0.4 is 0 Å². The van der Waals surface area contributed by atoms with Crippen LogP contribution in [-0.2, 0) is 4.74 Å². The van der Waals surface area contributed by atoms with E-state index in [1.165, 1.54) is 19.2 Å². The maximum absolute atomic E-state index is 13.5. The van der Waals surface area contributed by atoms with Crippen molar-refractivity contribution in [1.82, 2.24) is 0 Å². The third-order valence-electron chi connectivity index (χ3n) is 2.19. The second-order valence-electron chi connectivity index (χ2n) is 3.28. The van der Waals surface area contributed by atoms with E-state index in [2.05, 4.69) is 4.74 Å². The molecule has 0 unspecified atom stereocenters. The summed E-state index contributed by atoms with van der Waals surface area (Å²) in [4.78, 5) is 12.2. The van der Waals surface area contributed by atoms with Crippen LogP contribution in [-0.4, -0.2) is 13.1 Å². The van der Waals surface area contributed by atoms with Gasteiger partial charge in [-0.1, -0.05) is 0 Å². The minimum atomic E-state index is -0.650. The van der Waals surface area contributed by atoms with E-state index in [1.54, 1.807) is 12.1 Å². The van der Waals surface area contributed by atoms with E-state index in [0.29, 0.717) is 9.75 Å². The smallest absolute Gasteiger partial charge is 0.348 e. The first-order chi connectivity index (χ1) is 8.11. The van der Waals surface area contributed by atoms with Crippen LogP contribution in [0.2, 0.25) is 0 Å². The van der Waals surface area contributed by atoms with Crippen molar-refractivity contribution >= 4 is 17.3 Å². The highest BCUT2D eigenvalue weighted by molar-refractivity contribution is 7.17. The third kappa shape index (κ3) is 2.34. The lowest BCUT2D eigenvalue weighted by Crippen LogP contribution is -1.96. The molecule has 88 valence electrons. The summed E-state index contributed by atoms with van der Waals surface area (Å²) in [6.45, 7) is 0. The Morgan fingerprint density at radius 2 is 2.00 bits per heavy atom. The van der Waals surface area contributed by atoms with Crippen LogP contribution in [0.4, 0.5) is 8.78 Å². The number of carbonyl (C=O) groups is 1. The number of ether oxygens (including phenoxy) is 1. The molecule has 0 radical (unpaired) electrons. The molecule has 0 saturated heterocycles. The van der Waals surface area contributed by atoms with Crippen molar-refractivity contribution in [1.29, 1.82) is 0 Å². The standard InChI is InChI=1S/C12H8F2O2S/c1-16-12(15)11-5-4-10(17-11)8-3-2-7(13)6-9(8)14/h2-6H,1H3. The Kier molecular flexibility index (Phi) is 3.19. The Hall–Kier alpha value is -1.75. The molecule has 1 aromatic heterocycles. The number of methoxy groups -OCH3 is 1. The monoisotopic (exact) mass is 254 g/mol. The molecule has 0 amide bonds. The third-order valence-corrected chi connectivity index (χ3v) is 3.29. The van der Waals surface area contributed by atoms with Crippen LogP contribution in [0.15, 0.2) is 30.3 Å². The van der Waals surface area contributed by atoms with Gasteiger partial charge >= 0.3 is 5.97 Å². The Morgan fingerprint density at radius 1 is 1.24 bits per heavy atom. The summed E-state index contributed by atoms with van der Waals surface area (Å²) < 4.78 is 30.8. The lowest BCUT2D eigenvalue weighted by molar-refractivity contribution is 0.0606. The number of hydrogen-bond acceptors (Lipinski definition) is 3. The molecule has 0 atom stereocenters. The molecule has 0 aliphatic carbocycles. The number of carbonyl (C=O) groups excluding carboxylic acids is 1. The van der Waals surface area contributed by atoms with E-state index in [9.17, 15) is 13.6 Å². The molecule has 2 aromatic rings. The molecule has 0 saturated carbocycles. The summed E-state index contributed by atoms with van der Waals surface area (Å²) in [5, 5.41) is 0. The average Bonchev–Trinajstić information content (AvgIpc) is 2.77. The van der Waals surface area contributed by atoms with Crippen molar-refractivity contribution < 1.29 is 18.3 Å². The molecule has 0 aliphatic rings. The van der Waals surface area contributed by atoms with Crippen molar-refractivity contribution in [3.05, 3.63) is 46.8 Å². The van der Waals surface area contributed by atoms with Crippen LogP contribution in [0.5, 0.6) is 0 Å². The zero-order chi connectivity index (χ0) is 12.4. The normalized spacial score (nSPS) is 10.3. The Morgan fingerprint density at radius 3 is 2.65 bits per heavy atom. The first-order valence-corrected chi connectivity index (χ1v) is 5.57. The molecule has 0 fully saturated rings. The maximum Gasteiger partial charge on any atom is 0.348 e. The highest BCUT2D eigenvalue weighted by Gasteiger charge is 2.13. The van der Waals surface area contributed by atoms with Gasteiger partial charge in [-0.15, -0.1) is 11.3 Å². The van der Waals surface area contributed by atoms with Gasteiger partial charge in [0, 0.05) is 16.5 Å². The minimum Gasteiger partial charge on any atom is -0.465 e. The van der Waals surface area contributed by atoms with Gasteiger partial charge in [0.1, 0.15) is 16.5 Å². The van der Waals surface area contributed by atoms with E-state index in [1.807, 2.05) is 0 Å². The molecule has 0 bridgehead atoms. The van der Waals surface area contributed by atoms with Crippen molar-refractivity contribution in [2.75, 3.05) is 7.11 Å². The van der Waals surface area contributed by atoms with E-state index in [4.69, 9.17) is 0 Å². The number of halogens is 2. The van der Waals surface area contributed by atoms with Crippen LogP contribution >= 0.6 is 11.3 Å². The Balaban J connectivity index is 2.40. The molecular weight excluding hydrogens is 246 g/mol. The zero-order valence-corrected chi connectivity index (χ0v) is 9.68. The molecule has 5 heteroatoms. The maximum atomic E-state index is 13.5. The van der Waals surface area contributed by atoms with Gasteiger partial charge in [-0.05, 0) is 24.3 Å². The number of rotatable bonds is 2. The molecule has 1 aromatic carbocycles. The van der Waals surface area contributed by atoms with Gasteiger partial charge in [0.25, 0.3) is 0 Å². The van der Waals surface area contributed by atoms with Gasteiger partial charge in [0.15, 0.2) is 0 Å². The van der Waals surface area contributed by atoms with Crippen molar-refractivity contribution in [3.63, 3.8) is 0 Å². The SMILES string of the molecule is COC(=O)c1ccc(-c2ccc(F)cc2F)s1. The summed E-state index contributed by atoms with van der Waals surface area (Å²) in [6.07, 6.45) is 0. The van der Waals surface area contributed by atoms with Gasteiger partial charge in [0.2, 0.25) is 0 Å². The van der Waals surface area contributed by atoms with Crippen molar-refractivity contribution in [2.24, 2.45) is 0 Å². The van der Waals surface area contributed by atoms with Crippen LogP contribution in [0, 0.1) is 11.6 Å². The lowest BCUT2D eigenvalue weighted by Gasteiger charge is -1.99. The van der Waals surface area contributed by atoms with Gasteiger partial charge < -0.3 is 4.74 Å². The second-order valence-corrected chi connectivity index (χ2v) is 4.36. The lowest BCUT2D eigenvalue weighted by atomic mass is 10.2. The van der Waals surface area contributed by atoms with E-state index < -0.39 is 17.6 Å². The predicted octanol–water partition coefficient (Wildman–Crippen LogP) is 3.48. The van der Waals surface area contributed by atoms with Crippen molar-refractivity contribution in [2.45, 2.75) is 0 Å². The zero-order valence-electron chi connectivity index (χ0n) is 8.87. The Labute approximate surface area is 100 Å². The molecular formula is C12H8F2O2S. The number of benzene rings is 1. The summed E-state index contributed by atoms with van der Waals surface area (Å²) in [7, 11) is 1.28. The second kappa shape index (κ2) is 4.63. The van der Waals surface area contributed by atoms with Gasteiger partial charge in [-0.3, -0.25) is 0 Å². The summed E-state index contributed by atoms with van der Waals surface area (Å²) in [6, 6.07) is 6.49. The minimum absolute atomic E-state index is 0.270.